The standard InChI is InChI=1S/C13H10Cl2N6/c1-8(10-6-9(14)2-3-11(10)15)17-18-12-4-5-13-19-16-7-21(13)20-12/h2-7H,1H3,(H,18,20). The molecule has 1 aromatic carbocycles. The van der Waals surface area contributed by atoms with Crippen LogP contribution in [0, 0.1) is 0 Å². The average molecular weight is 321 g/mol. The number of nitrogens with zero attached hydrogens (tertiary/aromatic N) is 5. The molecule has 0 aliphatic carbocycles. The number of hydrogen-bond donors (Lipinski definition) is 1. The summed E-state index contributed by atoms with van der Waals surface area (Å²) in [6, 6.07) is 8.79. The van der Waals surface area contributed by atoms with E-state index in [1.165, 1.54) is 6.33 Å². The molecule has 3 rings (SSSR count). The molecular formula is C13H10Cl2N6. The highest BCUT2D eigenvalue weighted by molar-refractivity contribution is 6.36. The quantitative estimate of drug-likeness (QED) is 0.594. The second-order valence-corrected chi connectivity index (χ2v) is 5.13. The van der Waals surface area contributed by atoms with E-state index >= 15 is 0 Å². The summed E-state index contributed by atoms with van der Waals surface area (Å²) in [6.07, 6.45) is 1.52. The van der Waals surface area contributed by atoms with Gasteiger partial charge in [0.15, 0.2) is 11.5 Å². The first kappa shape index (κ1) is 13.8. The molecule has 2 aromatic heterocycles. The molecule has 0 saturated heterocycles. The molecule has 0 amide bonds. The normalized spacial score (nSPS) is 11.9. The molecule has 0 atom stereocenters. The molecule has 0 bridgehead atoms. The highest BCUT2D eigenvalue weighted by Crippen LogP contribution is 2.21. The van der Waals surface area contributed by atoms with Crippen LogP contribution in [0.4, 0.5) is 5.82 Å². The van der Waals surface area contributed by atoms with Crippen LogP contribution < -0.4 is 5.43 Å². The Hall–Kier alpha value is -2.18. The number of aromatic nitrogens is 4. The highest BCUT2D eigenvalue weighted by atomic mass is 35.5. The smallest absolute Gasteiger partial charge is 0.177 e. The zero-order valence-corrected chi connectivity index (χ0v) is 12.5. The lowest BCUT2D eigenvalue weighted by Gasteiger charge is -2.05. The zero-order chi connectivity index (χ0) is 14.8. The van der Waals surface area contributed by atoms with Gasteiger partial charge in [-0.3, -0.25) is 5.43 Å². The maximum absolute atomic E-state index is 6.13. The van der Waals surface area contributed by atoms with Gasteiger partial charge in [-0.05, 0) is 37.3 Å². The summed E-state index contributed by atoms with van der Waals surface area (Å²) in [6.45, 7) is 1.84. The number of hydrogen-bond acceptors (Lipinski definition) is 5. The maximum Gasteiger partial charge on any atom is 0.177 e. The summed E-state index contributed by atoms with van der Waals surface area (Å²) in [5, 5.41) is 17.4. The van der Waals surface area contributed by atoms with Crippen molar-refractivity contribution in [1.29, 1.82) is 0 Å². The largest absolute Gasteiger partial charge is 0.260 e. The van der Waals surface area contributed by atoms with Gasteiger partial charge < -0.3 is 0 Å². The van der Waals surface area contributed by atoms with E-state index in [0.29, 0.717) is 27.2 Å². The highest BCUT2D eigenvalue weighted by Gasteiger charge is 2.05. The van der Waals surface area contributed by atoms with Crippen LogP contribution in [0.15, 0.2) is 41.8 Å². The van der Waals surface area contributed by atoms with Gasteiger partial charge >= 0.3 is 0 Å². The van der Waals surface area contributed by atoms with Crippen molar-refractivity contribution in [1.82, 2.24) is 19.8 Å². The van der Waals surface area contributed by atoms with Gasteiger partial charge in [0.25, 0.3) is 0 Å². The van der Waals surface area contributed by atoms with Crippen molar-refractivity contribution in [2.45, 2.75) is 6.92 Å². The predicted molar refractivity (Wildman–Crippen MR) is 83.1 cm³/mol. The van der Waals surface area contributed by atoms with Gasteiger partial charge in [-0.2, -0.15) is 9.62 Å². The van der Waals surface area contributed by atoms with Crippen LogP contribution in [0.2, 0.25) is 10.0 Å². The van der Waals surface area contributed by atoms with Crippen molar-refractivity contribution in [3.63, 3.8) is 0 Å². The van der Waals surface area contributed by atoms with E-state index in [-0.39, 0.29) is 0 Å². The predicted octanol–water partition coefficient (Wildman–Crippen LogP) is 3.27. The number of nitrogens with one attached hydrogen (secondary N) is 1. The lowest BCUT2D eigenvalue weighted by molar-refractivity contribution is 0.924. The molecule has 0 unspecified atom stereocenters. The first-order chi connectivity index (χ1) is 10.1. The molecule has 0 spiro atoms. The second kappa shape index (κ2) is 5.67. The number of anilines is 1. The monoisotopic (exact) mass is 320 g/mol. The molecule has 106 valence electrons. The molecule has 8 heteroatoms. The third-order valence-electron chi connectivity index (χ3n) is 2.82. The number of fused-ring (bicyclic) bond motifs is 1. The average Bonchev–Trinajstić information content (AvgIpc) is 2.94. The molecule has 0 aliphatic heterocycles. The Morgan fingerprint density at radius 1 is 1.24 bits per heavy atom. The van der Waals surface area contributed by atoms with Gasteiger partial charge in [-0.15, -0.1) is 15.3 Å². The van der Waals surface area contributed by atoms with Crippen LogP contribution in [0.3, 0.4) is 0 Å². The molecule has 0 saturated carbocycles. The van der Waals surface area contributed by atoms with Crippen LogP contribution >= 0.6 is 23.2 Å². The number of hydrazone groups is 1. The topological polar surface area (TPSA) is 67.5 Å². The molecule has 1 N–H and O–H groups in total. The summed E-state index contributed by atoms with van der Waals surface area (Å²) in [5.74, 6) is 0.569. The Balaban J connectivity index is 1.85. The molecule has 2 heterocycles. The van der Waals surface area contributed by atoms with E-state index in [1.54, 1.807) is 34.8 Å². The third-order valence-corrected chi connectivity index (χ3v) is 3.38. The maximum atomic E-state index is 6.13. The van der Waals surface area contributed by atoms with Gasteiger partial charge in [-0.1, -0.05) is 23.2 Å². The fourth-order valence-electron chi connectivity index (χ4n) is 1.76. The van der Waals surface area contributed by atoms with E-state index in [0.717, 1.165) is 5.56 Å². The Morgan fingerprint density at radius 3 is 2.95 bits per heavy atom. The summed E-state index contributed by atoms with van der Waals surface area (Å²) in [7, 11) is 0. The molecule has 6 nitrogen and oxygen atoms in total. The van der Waals surface area contributed by atoms with Gasteiger partial charge in [-0.25, -0.2) is 0 Å². The van der Waals surface area contributed by atoms with Gasteiger partial charge in [0.1, 0.15) is 6.33 Å². The zero-order valence-electron chi connectivity index (χ0n) is 11.0. The van der Waals surface area contributed by atoms with Crippen molar-refractivity contribution in [2.24, 2.45) is 5.10 Å². The molecule has 0 radical (unpaired) electrons. The summed E-state index contributed by atoms with van der Waals surface area (Å²) in [5.41, 5.74) is 5.00. The Bertz CT molecular complexity index is 826. The Morgan fingerprint density at radius 2 is 2.10 bits per heavy atom. The number of benzene rings is 1. The first-order valence-electron chi connectivity index (χ1n) is 6.06. The fourth-order valence-corrected chi connectivity index (χ4v) is 2.19. The second-order valence-electron chi connectivity index (χ2n) is 4.29. The summed E-state index contributed by atoms with van der Waals surface area (Å²) >= 11 is 12.1. The minimum absolute atomic E-state index is 0.569. The molecule has 0 aliphatic rings. The Labute approximate surface area is 130 Å². The lowest BCUT2D eigenvalue weighted by Crippen LogP contribution is -2.03. The van der Waals surface area contributed by atoms with Crippen molar-refractivity contribution < 1.29 is 0 Å². The SMILES string of the molecule is CC(=NNc1ccc2nncn2n1)c1cc(Cl)ccc1Cl. The van der Waals surface area contributed by atoms with Crippen molar-refractivity contribution in [3.05, 3.63) is 52.3 Å². The van der Waals surface area contributed by atoms with Gasteiger partial charge in [0.2, 0.25) is 0 Å². The molecular weight excluding hydrogens is 311 g/mol. The number of halogens is 2. The minimum Gasteiger partial charge on any atom is -0.260 e. The van der Waals surface area contributed by atoms with Crippen LogP contribution in [-0.2, 0) is 0 Å². The van der Waals surface area contributed by atoms with Gasteiger partial charge in [0, 0.05) is 15.6 Å². The molecule has 3 aromatic rings. The molecule has 0 fully saturated rings. The number of rotatable bonds is 3. The van der Waals surface area contributed by atoms with Crippen LogP contribution in [0.5, 0.6) is 0 Å². The van der Waals surface area contributed by atoms with E-state index in [2.05, 4.69) is 25.8 Å². The van der Waals surface area contributed by atoms with Gasteiger partial charge in [0.05, 0.1) is 5.71 Å². The van der Waals surface area contributed by atoms with Crippen molar-refractivity contribution in [3.8, 4) is 0 Å². The Kier molecular flexibility index (Phi) is 3.72. The minimum atomic E-state index is 0.569. The fraction of sp³-hybridized carbons (Fsp3) is 0.0769. The van der Waals surface area contributed by atoms with E-state index < -0.39 is 0 Å². The summed E-state index contributed by atoms with van der Waals surface area (Å²) < 4.78 is 1.56. The first-order valence-corrected chi connectivity index (χ1v) is 6.82. The van der Waals surface area contributed by atoms with E-state index in [9.17, 15) is 0 Å². The van der Waals surface area contributed by atoms with E-state index in [1.807, 2.05) is 6.92 Å². The third kappa shape index (κ3) is 2.96. The summed E-state index contributed by atoms with van der Waals surface area (Å²) in [4.78, 5) is 0. The van der Waals surface area contributed by atoms with Crippen molar-refractivity contribution >= 4 is 40.4 Å². The van der Waals surface area contributed by atoms with Crippen LogP contribution in [-0.4, -0.2) is 25.5 Å². The van der Waals surface area contributed by atoms with E-state index in [4.69, 9.17) is 23.2 Å². The van der Waals surface area contributed by atoms with Crippen molar-refractivity contribution in [2.75, 3.05) is 5.43 Å². The lowest BCUT2D eigenvalue weighted by atomic mass is 10.1. The molecule has 21 heavy (non-hydrogen) atoms. The van der Waals surface area contributed by atoms with Crippen LogP contribution in [0.1, 0.15) is 12.5 Å². The van der Waals surface area contributed by atoms with Crippen LogP contribution in [0.25, 0.3) is 5.65 Å².